The molecule has 0 aliphatic heterocycles. The maximum atomic E-state index is 13.1. The number of carbonyl (C=O) groups is 1. The lowest BCUT2D eigenvalue weighted by molar-refractivity contribution is -0.115. The normalized spacial score (nSPS) is 12.4. The third-order valence-corrected chi connectivity index (χ3v) is 5.35. The van der Waals surface area contributed by atoms with Gasteiger partial charge in [-0.1, -0.05) is 46.3 Å². The number of amides is 1. The van der Waals surface area contributed by atoms with Gasteiger partial charge in [-0.2, -0.15) is 5.26 Å². The topological polar surface area (TPSA) is 74.9 Å². The number of carbonyl (C=O) groups excluding carboxylic acids is 1. The van der Waals surface area contributed by atoms with Gasteiger partial charge in [0.2, 0.25) is 0 Å². The Morgan fingerprint density at radius 3 is 2.59 bits per heavy atom. The van der Waals surface area contributed by atoms with E-state index in [0.717, 1.165) is 21.4 Å². The van der Waals surface area contributed by atoms with Gasteiger partial charge < -0.3 is 5.32 Å². The van der Waals surface area contributed by atoms with Crippen LogP contribution in [0, 0.1) is 11.3 Å². The van der Waals surface area contributed by atoms with Crippen LogP contribution in [0.25, 0.3) is 17.3 Å². The van der Waals surface area contributed by atoms with E-state index in [1.165, 1.54) is 11.6 Å². The van der Waals surface area contributed by atoms with Gasteiger partial charge in [-0.15, -0.1) is 11.3 Å². The lowest BCUT2D eigenvalue weighted by Gasteiger charge is -2.02. The molecule has 1 aromatic heterocycles. The third kappa shape index (κ3) is 3.92. The fourth-order valence-corrected chi connectivity index (χ4v) is 4.05. The monoisotopic (exact) mass is 439 g/mol. The Bertz CT molecular complexity index is 1220. The molecule has 5 nitrogen and oxygen atoms in total. The lowest BCUT2D eigenvalue weighted by atomic mass is 10.2. The predicted molar refractivity (Wildman–Crippen MR) is 110 cm³/mol. The molecule has 7 heteroatoms. The number of hydrogen-bond acceptors (Lipinski definition) is 4. The predicted octanol–water partition coefficient (Wildman–Crippen LogP) is 1.91. The maximum absolute atomic E-state index is 13.1. The van der Waals surface area contributed by atoms with Gasteiger partial charge in [0.05, 0.1) is 10.2 Å². The molecule has 1 heterocycles. The highest BCUT2D eigenvalue weighted by Crippen LogP contribution is 2.12. The summed E-state index contributed by atoms with van der Waals surface area (Å²) < 4.78 is 3.03. The first-order valence-corrected chi connectivity index (χ1v) is 9.57. The van der Waals surface area contributed by atoms with Crippen molar-refractivity contribution in [3.63, 3.8) is 0 Å². The standard InChI is InChI=1S/C20H14BrN3O2S/c1-23-18(25)16(12-22)20-24(15-8-3-2-4-9-15)19(26)17(27-20)11-13-6-5-7-14(21)10-13/h2-11H,1H3,(H,23,25). The van der Waals surface area contributed by atoms with Crippen LogP contribution in [0.15, 0.2) is 63.9 Å². The Kier molecular flexibility index (Phi) is 5.69. The highest BCUT2D eigenvalue weighted by atomic mass is 79.9. The molecule has 3 aromatic rings. The van der Waals surface area contributed by atoms with Gasteiger partial charge in [-0.05, 0) is 35.9 Å². The number of nitrogens with one attached hydrogen (secondary N) is 1. The molecule has 1 N–H and O–H groups in total. The Morgan fingerprint density at radius 2 is 1.96 bits per heavy atom. The van der Waals surface area contributed by atoms with E-state index in [2.05, 4.69) is 21.2 Å². The fourth-order valence-electron chi connectivity index (χ4n) is 2.53. The summed E-state index contributed by atoms with van der Waals surface area (Å²) in [7, 11) is 1.45. The molecule has 27 heavy (non-hydrogen) atoms. The van der Waals surface area contributed by atoms with Crippen LogP contribution in [0.1, 0.15) is 5.56 Å². The molecule has 0 aliphatic rings. The highest BCUT2D eigenvalue weighted by Gasteiger charge is 2.15. The van der Waals surface area contributed by atoms with Crippen molar-refractivity contribution in [2.45, 2.75) is 0 Å². The molecular weight excluding hydrogens is 426 g/mol. The van der Waals surface area contributed by atoms with Crippen LogP contribution in [-0.4, -0.2) is 17.5 Å². The average Bonchev–Trinajstić information content (AvgIpc) is 2.99. The van der Waals surface area contributed by atoms with Crippen molar-refractivity contribution in [3.8, 4) is 11.8 Å². The molecular formula is C20H14BrN3O2S. The number of para-hydroxylation sites is 1. The zero-order valence-electron chi connectivity index (χ0n) is 14.3. The molecule has 0 saturated carbocycles. The summed E-state index contributed by atoms with van der Waals surface area (Å²) in [5.41, 5.74) is 1.06. The quantitative estimate of drug-likeness (QED) is 0.677. The van der Waals surface area contributed by atoms with Gasteiger partial charge in [0.25, 0.3) is 11.5 Å². The Balaban J connectivity index is 2.41. The molecule has 2 aromatic carbocycles. The van der Waals surface area contributed by atoms with E-state index in [4.69, 9.17) is 0 Å². The molecule has 0 spiro atoms. The van der Waals surface area contributed by atoms with Crippen LogP contribution in [0.3, 0.4) is 0 Å². The first kappa shape index (κ1) is 18.8. The van der Waals surface area contributed by atoms with Crippen molar-refractivity contribution in [3.05, 3.63) is 84.2 Å². The number of nitrogens with zero attached hydrogens (tertiary/aromatic N) is 2. The van der Waals surface area contributed by atoms with Crippen LogP contribution in [0.2, 0.25) is 0 Å². The zero-order valence-corrected chi connectivity index (χ0v) is 16.7. The molecule has 0 unspecified atom stereocenters. The second kappa shape index (κ2) is 8.16. The third-order valence-electron chi connectivity index (χ3n) is 3.76. The summed E-state index contributed by atoms with van der Waals surface area (Å²) in [6.45, 7) is 0. The minimum atomic E-state index is -0.530. The van der Waals surface area contributed by atoms with E-state index < -0.39 is 5.91 Å². The summed E-state index contributed by atoms with van der Waals surface area (Å²) in [5.74, 6) is -0.530. The Morgan fingerprint density at radius 1 is 1.22 bits per heavy atom. The van der Waals surface area contributed by atoms with Crippen LogP contribution in [0.4, 0.5) is 0 Å². The van der Waals surface area contributed by atoms with Crippen LogP contribution in [0.5, 0.6) is 0 Å². The number of nitriles is 1. The summed E-state index contributed by atoms with van der Waals surface area (Å²) >= 11 is 4.53. The molecule has 0 bridgehead atoms. The van der Waals surface area contributed by atoms with Crippen molar-refractivity contribution in [1.29, 1.82) is 5.26 Å². The Labute approximate surface area is 167 Å². The Hall–Kier alpha value is -2.95. The summed E-state index contributed by atoms with van der Waals surface area (Å²) in [5, 5.41) is 12.0. The minimum absolute atomic E-state index is 0.0997. The molecule has 0 atom stereocenters. The zero-order chi connectivity index (χ0) is 19.4. The van der Waals surface area contributed by atoms with Crippen molar-refractivity contribution < 1.29 is 4.79 Å². The molecule has 0 fully saturated rings. The second-order valence-corrected chi connectivity index (χ2v) is 7.46. The number of thiazole rings is 1. The van der Waals surface area contributed by atoms with E-state index >= 15 is 0 Å². The van der Waals surface area contributed by atoms with Crippen LogP contribution < -0.4 is 20.1 Å². The smallest absolute Gasteiger partial charge is 0.273 e. The summed E-state index contributed by atoms with van der Waals surface area (Å²) in [6.07, 6.45) is 1.75. The average molecular weight is 440 g/mol. The van der Waals surface area contributed by atoms with E-state index in [9.17, 15) is 14.9 Å². The van der Waals surface area contributed by atoms with Crippen molar-refractivity contribution in [2.24, 2.45) is 0 Å². The largest absolute Gasteiger partial charge is 0.354 e. The minimum Gasteiger partial charge on any atom is -0.354 e. The molecule has 1 amide bonds. The van der Waals surface area contributed by atoms with Gasteiger partial charge >= 0.3 is 0 Å². The van der Waals surface area contributed by atoms with Gasteiger partial charge in [-0.25, -0.2) is 0 Å². The first-order valence-electron chi connectivity index (χ1n) is 7.96. The summed E-state index contributed by atoms with van der Waals surface area (Å²) in [6, 6.07) is 18.4. The molecule has 0 saturated heterocycles. The van der Waals surface area contributed by atoms with Crippen LogP contribution in [-0.2, 0) is 4.79 Å². The van der Waals surface area contributed by atoms with Gasteiger partial charge in [0, 0.05) is 11.5 Å². The van der Waals surface area contributed by atoms with Gasteiger partial charge in [0.15, 0.2) is 5.57 Å². The first-order chi connectivity index (χ1) is 13.0. The van der Waals surface area contributed by atoms with Gasteiger partial charge in [0.1, 0.15) is 10.7 Å². The second-order valence-electron chi connectivity index (χ2n) is 5.51. The van der Waals surface area contributed by atoms with E-state index in [-0.39, 0.29) is 11.1 Å². The molecule has 134 valence electrons. The van der Waals surface area contributed by atoms with E-state index in [1.807, 2.05) is 36.4 Å². The lowest BCUT2D eigenvalue weighted by Crippen LogP contribution is -2.33. The number of halogens is 1. The highest BCUT2D eigenvalue weighted by molar-refractivity contribution is 9.10. The van der Waals surface area contributed by atoms with Crippen LogP contribution >= 0.6 is 27.3 Å². The number of benzene rings is 2. The fraction of sp³-hybridized carbons (Fsp3) is 0.0500. The number of hydrogen-bond donors (Lipinski definition) is 1. The van der Waals surface area contributed by atoms with Crippen molar-refractivity contribution in [1.82, 2.24) is 9.88 Å². The van der Waals surface area contributed by atoms with Crippen molar-refractivity contribution >= 4 is 44.8 Å². The number of rotatable bonds is 3. The number of aromatic nitrogens is 1. The SMILES string of the molecule is CNC(=O)C(C#N)=c1sc(=Cc2cccc(Br)c2)c(=O)n1-c1ccccc1. The van der Waals surface area contributed by atoms with Crippen molar-refractivity contribution in [2.75, 3.05) is 7.05 Å². The molecule has 0 radical (unpaired) electrons. The van der Waals surface area contributed by atoms with E-state index in [0.29, 0.717) is 14.9 Å². The van der Waals surface area contributed by atoms with Gasteiger partial charge in [-0.3, -0.25) is 14.2 Å². The summed E-state index contributed by atoms with van der Waals surface area (Å²) in [4.78, 5) is 25.2. The molecule has 3 rings (SSSR count). The maximum Gasteiger partial charge on any atom is 0.273 e. The van der Waals surface area contributed by atoms with E-state index in [1.54, 1.807) is 30.3 Å². The molecule has 0 aliphatic carbocycles.